The Morgan fingerprint density at radius 3 is 2.20 bits per heavy atom. The van der Waals surface area contributed by atoms with Crippen LogP contribution in [0.2, 0.25) is 0 Å². The first kappa shape index (κ1) is 23.2. The molecular formula is C22H25NO6S. The number of thiophene rings is 1. The Morgan fingerprint density at radius 1 is 0.967 bits per heavy atom. The molecule has 8 heteroatoms. The molecule has 0 atom stereocenters. The van der Waals surface area contributed by atoms with Gasteiger partial charge in [0.1, 0.15) is 15.6 Å². The number of benzene rings is 1. The topological polar surface area (TPSA) is 90.9 Å². The largest absolute Gasteiger partial charge is 0.494 e. The summed E-state index contributed by atoms with van der Waals surface area (Å²) in [5.41, 5.74) is 1.39. The maximum absolute atomic E-state index is 12.4. The molecule has 0 aliphatic rings. The van der Waals surface area contributed by atoms with Crippen molar-refractivity contribution in [1.82, 2.24) is 0 Å². The lowest BCUT2D eigenvalue weighted by Crippen LogP contribution is -2.13. The second-order valence-corrected chi connectivity index (χ2v) is 7.05. The van der Waals surface area contributed by atoms with Crippen molar-refractivity contribution < 1.29 is 28.6 Å². The Hall–Kier alpha value is -3.13. The molecule has 160 valence electrons. The lowest BCUT2D eigenvalue weighted by atomic mass is 10.1. The molecule has 0 fully saturated rings. The van der Waals surface area contributed by atoms with E-state index in [1.807, 2.05) is 31.2 Å². The third kappa shape index (κ3) is 5.93. The highest BCUT2D eigenvalue weighted by molar-refractivity contribution is 7.18. The van der Waals surface area contributed by atoms with Gasteiger partial charge in [0.2, 0.25) is 5.91 Å². The fourth-order valence-electron chi connectivity index (χ4n) is 2.61. The summed E-state index contributed by atoms with van der Waals surface area (Å²) in [7, 11) is 0. The van der Waals surface area contributed by atoms with E-state index in [-0.39, 0.29) is 28.7 Å². The summed E-state index contributed by atoms with van der Waals surface area (Å²) < 4.78 is 15.5. The van der Waals surface area contributed by atoms with E-state index in [2.05, 4.69) is 5.32 Å². The molecule has 1 N–H and O–H groups in total. The fourth-order valence-corrected chi connectivity index (χ4v) is 3.70. The zero-order chi connectivity index (χ0) is 22.1. The molecule has 1 amide bonds. The molecule has 0 aliphatic heterocycles. The van der Waals surface area contributed by atoms with Crippen molar-refractivity contribution >= 4 is 40.3 Å². The van der Waals surface area contributed by atoms with Gasteiger partial charge in [0.05, 0.1) is 25.4 Å². The van der Waals surface area contributed by atoms with E-state index in [1.54, 1.807) is 26.8 Å². The number of carbonyl (C=O) groups excluding carboxylic acids is 3. The molecule has 0 saturated carbocycles. The standard InChI is InChI=1S/C22H25NO6S/c1-5-27-16-11-8-15(9-12-16)10-13-17(24)23-20-18(21(25)28-6-2)14(4)19(30-20)22(26)29-7-3/h8-13H,5-7H2,1-4H3,(H,23,24)/b13-10+. The fraction of sp³-hybridized carbons (Fsp3) is 0.318. The van der Waals surface area contributed by atoms with Crippen molar-refractivity contribution in [2.75, 3.05) is 25.1 Å². The molecule has 0 bridgehead atoms. The van der Waals surface area contributed by atoms with Crippen LogP contribution in [0.3, 0.4) is 0 Å². The minimum atomic E-state index is -0.604. The van der Waals surface area contributed by atoms with Gasteiger partial charge in [-0.15, -0.1) is 11.3 Å². The van der Waals surface area contributed by atoms with E-state index >= 15 is 0 Å². The number of hydrogen-bond donors (Lipinski definition) is 1. The first-order chi connectivity index (χ1) is 14.4. The van der Waals surface area contributed by atoms with Gasteiger partial charge in [0.15, 0.2) is 0 Å². The minimum absolute atomic E-state index is 0.160. The quantitative estimate of drug-likeness (QED) is 0.466. The highest BCUT2D eigenvalue weighted by Gasteiger charge is 2.27. The summed E-state index contributed by atoms with van der Waals surface area (Å²) in [5, 5.41) is 2.92. The van der Waals surface area contributed by atoms with Crippen LogP contribution >= 0.6 is 11.3 Å². The molecule has 2 aromatic rings. The van der Waals surface area contributed by atoms with Crippen molar-refractivity contribution in [3.8, 4) is 5.75 Å². The summed E-state index contributed by atoms with van der Waals surface area (Å²) >= 11 is 0.988. The second kappa shape index (κ2) is 11.2. The highest BCUT2D eigenvalue weighted by Crippen LogP contribution is 2.34. The van der Waals surface area contributed by atoms with Crippen LogP contribution in [0, 0.1) is 6.92 Å². The maximum Gasteiger partial charge on any atom is 0.348 e. The number of amides is 1. The van der Waals surface area contributed by atoms with Gasteiger partial charge in [-0.2, -0.15) is 0 Å². The van der Waals surface area contributed by atoms with Crippen molar-refractivity contribution in [3.05, 3.63) is 51.9 Å². The van der Waals surface area contributed by atoms with Crippen LogP contribution in [-0.2, 0) is 14.3 Å². The third-order valence-electron chi connectivity index (χ3n) is 3.94. The predicted molar refractivity (Wildman–Crippen MR) is 116 cm³/mol. The summed E-state index contributed by atoms with van der Waals surface area (Å²) in [6, 6.07) is 7.28. The van der Waals surface area contributed by atoms with Gasteiger partial charge in [0.25, 0.3) is 0 Å². The van der Waals surface area contributed by atoms with Gasteiger partial charge in [-0.05, 0) is 57.0 Å². The molecule has 0 aliphatic carbocycles. The van der Waals surface area contributed by atoms with Gasteiger partial charge >= 0.3 is 11.9 Å². The van der Waals surface area contributed by atoms with Crippen LogP contribution in [0.4, 0.5) is 5.00 Å². The Kier molecular flexibility index (Phi) is 8.61. The summed E-state index contributed by atoms with van der Waals surface area (Å²) in [6.45, 7) is 7.87. The van der Waals surface area contributed by atoms with Gasteiger partial charge in [0, 0.05) is 6.08 Å². The van der Waals surface area contributed by atoms with Gasteiger partial charge in [-0.3, -0.25) is 4.79 Å². The van der Waals surface area contributed by atoms with E-state index in [4.69, 9.17) is 14.2 Å². The SMILES string of the molecule is CCOC(=O)c1sc(NC(=O)/C=C/c2ccc(OCC)cc2)c(C(=O)OCC)c1C. The highest BCUT2D eigenvalue weighted by atomic mass is 32.1. The molecule has 30 heavy (non-hydrogen) atoms. The van der Waals surface area contributed by atoms with E-state index in [9.17, 15) is 14.4 Å². The molecule has 1 heterocycles. The first-order valence-corrected chi connectivity index (χ1v) is 10.4. The van der Waals surface area contributed by atoms with E-state index in [1.165, 1.54) is 6.08 Å². The lowest BCUT2D eigenvalue weighted by molar-refractivity contribution is -0.111. The molecule has 2 rings (SSSR count). The van der Waals surface area contributed by atoms with Crippen LogP contribution in [0.25, 0.3) is 6.08 Å². The van der Waals surface area contributed by atoms with Crippen LogP contribution in [0.1, 0.15) is 51.9 Å². The predicted octanol–water partition coefficient (Wildman–Crippen LogP) is 4.46. The second-order valence-electron chi connectivity index (χ2n) is 6.03. The van der Waals surface area contributed by atoms with Crippen LogP contribution in [0.15, 0.2) is 30.3 Å². The number of hydrogen-bond acceptors (Lipinski definition) is 7. The van der Waals surface area contributed by atoms with E-state index < -0.39 is 17.8 Å². The Labute approximate surface area is 179 Å². The van der Waals surface area contributed by atoms with Crippen molar-refractivity contribution in [1.29, 1.82) is 0 Å². The average Bonchev–Trinajstić information content (AvgIpc) is 3.04. The number of anilines is 1. The number of ether oxygens (including phenoxy) is 3. The monoisotopic (exact) mass is 431 g/mol. The van der Waals surface area contributed by atoms with Gasteiger partial charge in [-0.1, -0.05) is 12.1 Å². The lowest BCUT2D eigenvalue weighted by Gasteiger charge is -2.05. The van der Waals surface area contributed by atoms with Crippen molar-refractivity contribution in [2.45, 2.75) is 27.7 Å². The average molecular weight is 432 g/mol. The zero-order valence-electron chi connectivity index (χ0n) is 17.4. The molecule has 0 radical (unpaired) electrons. The van der Waals surface area contributed by atoms with Gasteiger partial charge < -0.3 is 19.5 Å². The minimum Gasteiger partial charge on any atom is -0.494 e. The van der Waals surface area contributed by atoms with Crippen LogP contribution in [0.5, 0.6) is 5.75 Å². The van der Waals surface area contributed by atoms with E-state index in [0.29, 0.717) is 12.2 Å². The van der Waals surface area contributed by atoms with Gasteiger partial charge in [-0.25, -0.2) is 9.59 Å². The molecule has 1 aromatic heterocycles. The Bertz CT molecular complexity index is 930. The number of nitrogens with one attached hydrogen (secondary N) is 1. The number of rotatable bonds is 9. The van der Waals surface area contributed by atoms with Crippen molar-refractivity contribution in [2.24, 2.45) is 0 Å². The molecule has 7 nitrogen and oxygen atoms in total. The maximum atomic E-state index is 12.4. The third-order valence-corrected chi connectivity index (χ3v) is 5.13. The number of esters is 2. The number of carbonyl (C=O) groups is 3. The molecule has 0 unspecified atom stereocenters. The van der Waals surface area contributed by atoms with Crippen LogP contribution in [-0.4, -0.2) is 37.7 Å². The molecular weight excluding hydrogens is 406 g/mol. The molecule has 0 saturated heterocycles. The summed E-state index contributed by atoms with van der Waals surface area (Å²) in [4.78, 5) is 37.2. The summed E-state index contributed by atoms with van der Waals surface area (Å²) in [5.74, 6) is -0.839. The van der Waals surface area contributed by atoms with Crippen LogP contribution < -0.4 is 10.1 Å². The zero-order valence-corrected chi connectivity index (χ0v) is 18.3. The summed E-state index contributed by atoms with van der Waals surface area (Å²) in [6.07, 6.45) is 2.99. The first-order valence-electron chi connectivity index (χ1n) is 9.60. The normalized spacial score (nSPS) is 10.7. The van der Waals surface area contributed by atoms with Crippen molar-refractivity contribution in [3.63, 3.8) is 0 Å². The molecule has 0 spiro atoms. The Morgan fingerprint density at radius 2 is 1.60 bits per heavy atom. The Balaban J connectivity index is 2.22. The smallest absolute Gasteiger partial charge is 0.348 e. The molecule has 1 aromatic carbocycles. The van der Waals surface area contributed by atoms with E-state index in [0.717, 1.165) is 22.6 Å².